The van der Waals surface area contributed by atoms with E-state index in [4.69, 9.17) is 17.3 Å². The summed E-state index contributed by atoms with van der Waals surface area (Å²) < 4.78 is 4.61. The first-order chi connectivity index (χ1) is 10.6. The number of hydrazine groups is 1. The Bertz CT molecular complexity index is 549. The number of rotatable bonds is 6. The fourth-order valence-corrected chi connectivity index (χ4v) is 1.81. The Morgan fingerprint density at radius 2 is 1.87 bits per heavy atom. The van der Waals surface area contributed by atoms with Crippen molar-refractivity contribution in [2.45, 2.75) is 45.2 Å². The number of ether oxygens (including phenoxy) is 1. The zero-order valence-corrected chi connectivity index (χ0v) is 14.2. The number of amidine groups is 1. The van der Waals surface area contributed by atoms with Gasteiger partial charge in [0.05, 0.1) is 19.1 Å². The highest BCUT2D eigenvalue weighted by Crippen LogP contribution is 2.11. The Hall–Kier alpha value is -2.12. The summed E-state index contributed by atoms with van der Waals surface area (Å²) in [5.74, 6) is 5.88. The quantitative estimate of drug-likeness (QED) is 0.233. The van der Waals surface area contributed by atoms with Crippen molar-refractivity contribution < 1.29 is 9.53 Å². The van der Waals surface area contributed by atoms with Gasteiger partial charge in [-0.25, -0.2) is 11.0 Å². The maximum atomic E-state index is 11.2. The third-order valence-electron chi connectivity index (χ3n) is 3.31. The minimum atomic E-state index is -0.314. The van der Waals surface area contributed by atoms with Crippen LogP contribution >= 0.6 is 0 Å². The van der Waals surface area contributed by atoms with Crippen LogP contribution in [0.5, 0.6) is 0 Å². The molecule has 1 unspecified atom stereocenters. The molecular weight excluding hydrogens is 294 g/mol. The second-order valence-corrected chi connectivity index (χ2v) is 6.44. The second kappa shape index (κ2) is 7.94. The molecule has 0 saturated carbocycles. The lowest BCUT2D eigenvalue weighted by atomic mass is 10.0. The maximum absolute atomic E-state index is 11.2. The maximum Gasteiger partial charge on any atom is 0.307 e. The highest BCUT2D eigenvalue weighted by molar-refractivity contribution is 5.97. The summed E-state index contributed by atoms with van der Waals surface area (Å²) in [7, 11) is 1.35. The van der Waals surface area contributed by atoms with Crippen LogP contribution in [0.4, 0.5) is 0 Å². The molecule has 1 aromatic carbocycles. The molecule has 0 aliphatic carbocycles. The average Bonchev–Trinajstić information content (AvgIpc) is 2.46. The van der Waals surface area contributed by atoms with Gasteiger partial charge in [-0.1, -0.05) is 24.3 Å². The summed E-state index contributed by atoms with van der Waals surface area (Å²) in [5, 5.41) is 5.51. The van der Waals surface area contributed by atoms with E-state index in [2.05, 4.69) is 9.84 Å². The van der Waals surface area contributed by atoms with Gasteiger partial charge in [-0.05, 0) is 32.8 Å². The SMILES string of the molecule is COC(=O)CC(N)Cc1ccc(/C(N)=N/N(N)C(C)(C)C)cc1. The molecule has 0 aliphatic heterocycles. The molecule has 7 nitrogen and oxygen atoms in total. The Morgan fingerprint density at radius 1 is 1.30 bits per heavy atom. The average molecular weight is 321 g/mol. The van der Waals surface area contributed by atoms with Gasteiger partial charge in [-0.15, -0.1) is 5.10 Å². The number of hydrazone groups is 1. The van der Waals surface area contributed by atoms with Gasteiger partial charge in [0.25, 0.3) is 0 Å². The fraction of sp³-hybridized carbons (Fsp3) is 0.500. The zero-order valence-electron chi connectivity index (χ0n) is 14.2. The molecule has 0 amide bonds. The lowest BCUT2D eigenvalue weighted by Gasteiger charge is -2.28. The smallest absolute Gasteiger partial charge is 0.307 e. The molecule has 0 spiro atoms. The van der Waals surface area contributed by atoms with Crippen molar-refractivity contribution in [3.8, 4) is 0 Å². The Balaban J connectivity index is 2.73. The summed E-state index contributed by atoms with van der Waals surface area (Å²) >= 11 is 0. The van der Waals surface area contributed by atoms with E-state index < -0.39 is 0 Å². The van der Waals surface area contributed by atoms with E-state index in [-0.39, 0.29) is 24.0 Å². The summed E-state index contributed by atoms with van der Waals surface area (Å²) in [4.78, 5) is 11.2. The molecule has 0 bridgehead atoms. The monoisotopic (exact) mass is 321 g/mol. The minimum Gasteiger partial charge on any atom is -0.469 e. The Kier molecular flexibility index (Phi) is 6.53. The Labute approximate surface area is 137 Å². The molecule has 23 heavy (non-hydrogen) atoms. The van der Waals surface area contributed by atoms with Gasteiger partial charge in [-0.3, -0.25) is 4.79 Å². The molecule has 0 radical (unpaired) electrons. The summed E-state index contributed by atoms with van der Waals surface area (Å²) in [6, 6.07) is 7.25. The number of methoxy groups -OCH3 is 1. The predicted molar refractivity (Wildman–Crippen MR) is 91.3 cm³/mol. The number of benzene rings is 1. The van der Waals surface area contributed by atoms with Crippen LogP contribution in [0.1, 0.15) is 38.3 Å². The first kappa shape index (κ1) is 18.9. The van der Waals surface area contributed by atoms with E-state index in [0.29, 0.717) is 12.3 Å². The minimum absolute atomic E-state index is 0.190. The zero-order chi connectivity index (χ0) is 17.6. The standard InChI is InChI=1S/C16H27N5O2/c1-16(2,3)21(19)20-15(18)12-7-5-11(6-8-12)9-13(17)10-14(22)23-4/h5-8,13H,9-10,17,19H2,1-4H3,(H2,18,20). The number of nitrogens with two attached hydrogens (primary N) is 3. The van der Waals surface area contributed by atoms with Crippen LogP contribution < -0.4 is 17.3 Å². The van der Waals surface area contributed by atoms with Crippen LogP contribution in [0.3, 0.4) is 0 Å². The number of nitrogens with zero attached hydrogens (tertiary/aromatic N) is 2. The summed E-state index contributed by atoms with van der Waals surface area (Å²) in [6.07, 6.45) is 0.771. The number of esters is 1. The van der Waals surface area contributed by atoms with Gasteiger partial charge in [0, 0.05) is 11.6 Å². The highest BCUT2D eigenvalue weighted by atomic mass is 16.5. The van der Waals surface area contributed by atoms with Crippen LogP contribution in [0.2, 0.25) is 0 Å². The van der Waals surface area contributed by atoms with E-state index in [1.54, 1.807) is 0 Å². The molecule has 1 atom stereocenters. The van der Waals surface area contributed by atoms with Crippen molar-refractivity contribution in [2.75, 3.05) is 7.11 Å². The largest absolute Gasteiger partial charge is 0.469 e. The molecule has 1 aromatic rings. The van der Waals surface area contributed by atoms with E-state index >= 15 is 0 Å². The Morgan fingerprint density at radius 3 is 2.35 bits per heavy atom. The molecule has 0 fully saturated rings. The molecule has 1 rings (SSSR count). The number of carbonyl (C=O) groups is 1. The molecule has 6 N–H and O–H groups in total. The van der Waals surface area contributed by atoms with Crippen molar-refractivity contribution in [1.29, 1.82) is 0 Å². The van der Waals surface area contributed by atoms with E-state index in [0.717, 1.165) is 11.1 Å². The normalized spacial score (nSPS) is 13.6. The predicted octanol–water partition coefficient (Wildman–Crippen LogP) is 0.714. The van der Waals surface area contributed by atoms with Gasteiger partial charge in [0.1, 0.15) is 0 Å². The van der Waals surface area contributed by atoms with Gasteiger partial charge < -0.3 is 16.2 Å². The first-order valence-electron chi connectivity index (χ1n) is 7.44. The van der Waals surface area contributed by atoms with Crippen LogP contribution in [-0.2, 0) is 16.0 Å². The van der Waals surface area contributed by atoms with Crippen molar-refractivity contribution in [2.24, 2.45) is 22.4 Å². The highest BCUT2D eigenvalue weighted by Gasteiger charge is 2.17. The third-order valence-corrected chi connectivity index (χ3v) is 3.31. The van der Waals surface area contributed by atoms with Crippen LogP contribution in [0.25, 0.3) is 0 Å². The van der Waals surface area contributed by atoms with Crippen LogP contribution in [0, 0.1) is 0 Å². The van der Waals surface area contributed by atoms with Crippen molar-refractivity contribution >= 4 is 11.8 Å². The first-order valence-corrected chi connectivity index (χ1v) is 7.44. The fourth-order valence-electron chi connectivity index (χ4n) is 1.81. The van der Waals surface area contributed by atoms with E-state index in [1.165, 1.54) is 12.2 Å². The lowest BCUT2D eigenvalue weighted by molar-refractivity contribution is -0.140. The van der Waals surface area contributed by atoms with Crippen molar-refractivity contribution in [3.05, 3.63) is 35.4 Å². The molecule has 128 valence electrons. The van der Waals surface area contributed by atoms with E-state index in [9.17, 15) is 4.79 Å². The molecule has 0 saturated heterocycles. The topological polar surface area (TPSA) is 120 Å². The molecule has 7 heteroatoms. The van der Waals surface area contributed by atoms with Crippen LogP contribution in [0.15, 0.2) is 29.4 Å². The third kappa shape index (κ3) is 6.25. The molecule has 0 aromatic heterocycles. The lowest BCUT2D eigenvalue weighted by Crippen LogP contribution is -2.44. The molecular formula is C16H27N5O2. The van der Waals surface area contributed by atoms with Gasteiger partial charge in [0.2, 0.25) is 0 Å². The summed E-state index contributed by atoms with van der Waals surface area (Å²) in [5.41, 5.74) is 13.4. The van der Waals surface area contributed by atoms with E-state index in [1.807, 2.05) is 45.0 Å². The number of carbonyl (C=O) groups excluding carboxylic acids is 1. The van der Waals surface area contributed by atoms with Crippen molar-refractivity contribution in [1.82, 2.24) is 5.12 Å². The van der Waals surface area contributed by atoms with Gasteiger partial charge in [-0.2, -0.15) is 0 Å². The number of hydrogen-bond acceptors (Lipinski definition) is 6. The second-order valence-electron chi connectivity index (χ2n) is 6.44. The van der Waals surface area contributed by atoms with Crippen molar-refractivity contribution in [3.63, 3.8) is 0 Å². The number of hydrogen-bond donors (Lipinski definition) is 3. The summed E-state index contributed by atoms with van der Waals surface area (Å²) in [6.45, 7) is 5.82. The van der Waals surface area contributed by atoms with Gasteiger partial charge in [0.15, 0.2) is 5.84 Å². The van der Waals surface area contributed by atoms with Crippen LogP contribution in [-0.4, -0.2) is 35.6 Å². The van der Waals surface area contributed by atoms with Gasteiger partial charge >= 0.3 is 5.97 Å². The molecule has 0 heterocycles. The molecule has 0 aliphatic rings.